The summed E-state index contributed by atoms with van der Waals surface area (Å²) in [5.41, 5.74) is -0.0814. The number of methoxy groups -OCH3 is 2. The number of allylic oxidation sites excluding steroid dienone is 2. The number of carbonyl (C=O) groups excluding carboxylic acids is 6. The fourth-order valence-electron chi connectivity index (χ4n) is 14.8. The number of nitrogens with one attached hydrogen (secondary N) is 2. The van der Waals surface area contributed by atoms with Gasteiger partial charge >= 0.3 is 23.9 Å². The van der Waals surface area contributed by atoms with Gasteiger partial charge in [-0.3, -0.25) is 24.0 Å². The summed E-state index contributed by atoms with van der Waals surface area (Å²) in [5, 5.41) is 49.3. The average Bonchev–Trinajstić information content (AvgIpc) is 1.52. The van der Waals surface area contributed by atoms with Crippen molar-refractivity contribution >= 4 is 41.9 Å². The largest absolute Gasteiger partial charge is 0.505 e. The molecular weight excluding hydrogens is 1300 g/mol. The lowest BCUT2D eigenvalue weighted by atomic mass is 9.71. The number of aromatic hydroxyl groups is 1. The zero-order valence-electron chi connectivity index (χ0n) is 60.7. The molecule has 5 saturated heterocycles. The van der Waals surface area contributed by atoms with Crippen molar-refractivity contribution in [3.8, 4) is 5.75 Å². The van der Waals surface area contributed by atoms with Gasteiger partial charge in [0.2, 0.25) is 6.41 Å². The number of ether oxygens (including phenoxy) is 13. The van der Waals surface area contributed by atoms with E-state index in [0.717, 1.165) is 24.8 Å². The summed E-state index contributed by atoms with van der Waals surface area (Å²) in [6.07, 6.45) is 8.61. The highest BCUT2D eigenvalue weighted by atomic mass is 16.7. The molecule has 7 heterocycles. The number of rotatable bonds is 19. The molecule has 1 aliphatic carbocycles. The van der Waals surface area contributed by atoms with E-state index in [1.807, 2.05) is 52.8 Å². The Morgan fingerprint density at radius 3 is 2.18 bits per heavy atom. The Labute approximate surface area is 588 Å². The van der Waals surface area contributed by atoms with Crippen molar-refractivity contribution in [3.05, 3.63) is 83.0 Å². The molecule has 1 aromatic rings. The maximum atomic E-state index is 14.3. The van der Waals surface area contributed by atoms with Crippen LogP contribution in [0.4, 0.5) is 5.69 Å². The van der Waals surface area contributed by atoms with Gasteiger partial charge in [-0.05, 0) is 101 Å². The summed E-state index contributed by atoms with van der Waals surface area (Å²) >= 11 is 0. The first kappa shape index (κ1) is 79.8. The summed E-state index contributed by atoms with van der Waals surface area (Å²) in [6, 6.07) is 2.71. The molecule has 1 spiro atoms. The van der Waals surface area contributed by atoms with Crippen molar-refractivity contribution in [3.63, 3.8) is 0 Å². The molecule has 2 amide bonds. The molecule has 1 aromatic carbocycles. The fraction of sp³-hybridized carbons (Fsp3) is 0.707. The normalized spacial score (nSPS) is 38.1. The number of anilines is 1. The number of cyclic esters (lactones) is 2. The van der Waals surface area contributed by atoms with E-state index in [0.29, 0.717) is 62.5 Å². The molecule has 25 unspecified atom stereocenters. The van der Waals surface area contributed by atoms with Gasteiger partial charge in [-0.1, -0.05) is 117 Å². The molecule has 5 fully saturated rings. The van der Waals surface area contributed by atoms with E-state index in [2.05, 4.69) is 50.5 Å². The van der Waals surface area contributed by atoms with Crippen LogP contribution in [-0.2, 0) is 85.6 Å². The van der Waals surface area contributed by atoms with E-state index < -0.39 is 151 Å². The van der Waals surface area contributed by atoms with Gasteiger partial charge in [-0.2, -0.15) is 0 Å². The Morgan fingerprint density at radius 1 is 0.790 bits per heavy atom. The molecule has 25 atom stereocenters. The minimum absolute atomic E-state index is 0.00114. The molecule has 558 valence electrons. The standard InChI is InChI=1S/C48H72O14.C27H38N2O9/c1-11-25(2)43-28(5)17-18-47(62-43)23-34-20-33(61-47)16-15-27(4)42(26(3)13-12-14-32-24-55-45-40(49)29(6)19-35(46(51)58-34)48(32,45)52)59-39-22-37(54-10)44(31(8)57-39)60-38-21-36(53-9)41(50)30(7)56-38;1-6-7-8-10-19-24(38-21(31)13-15(2)3)17(5)37-27(35)22(16(4)36-26(19)34)29-25(33)18-11-9-12-20(23(18)32)28-14-30/h12-15,17-19,25-26,28,30-31,33-45,49-50,52H,11,16,20-24H2,1-10H3;9,11-12,14-17,19,22,24,32H,6-8,10,13H2,1-5H3,(H,28,30)(H,29,33). The monoisotopic (exact) mass is 1410 g/mol. The van der Waals surface area contributed by atoms with Crippen LogP contribution in [0.1, 0.15) is 171 Å². The first-order chi connectivity index (χ1) is 47.5. The third-order valence-corrected chi connectivity index (χ3v) is 20.7. The number of hydrogen-bond donors (Lipinski definition) is 6. The molecule has 2 bridgehead atoms. The molecule has 9 rings (SSSR count). The second-order valence-electron chi connectivity index (χ2n) is 28.8. The van der Waals surface area contributed by atoms with E-state index in [9.17, 15) is 49.2 Å². The van der Waals surface area contributed by atoms with E-state index in [-0.39, 0.29) is 66.3 Å². The molecule has 7 aliphatic heterocycles. The van der Waals surface area contributed by atoms with E-state index >= 15 is 0 Å². The van der Waals surface area contributed by atoms with E-state index in [4.69, 9.17) is 61.6 Å². The van der Waals surface area contributed by atoms with Gasteiger partial charge in [-0.25, -0.2) is 4.79 Å². The van der Waals surface area contributed by atoms with Crippen molar-refractivity contribution in [1.82, 2.24) is 5.32 Å². The van der Waals surface area contributed by atoms with Gasteiger partial charge in [0.05, 0.1) is 66.5 Å². The van der Waals surface area contributed by atoms with Gasteiger partial charge < -0.3 is 92.6 Å². The Bertz CT molecular complexity index is 3130. The van der Waals surface area contributed by atoms with E-state index in [1.54, 1.807) is 40.2 Å². The SMILES string of the molecule is CCC(C)C1OC2(C=CC1C)CC1CC(CC=C(C)C(OC3CC(OC)C(OC4CC(OC)C(O)C(C)O4)C(C)O3)C(C)C=CC=C3COC4C(O)C(C)=CC(C(=O)O1)C34O)O2.CCCCCC1C(=O)OC(C)C(NC(=O)c2cccc(NC=O)c2O)C(=O)OC(C)C1OC(=O)CC(C)C. The van der Waals surface area contributed by atoms with Gasteiger partial charge in [0, 0.05) is 58.2 Å². The van der Waals surface area contributed by atoms with Crippen LogP contribution < -0.4 is 10.6 Å². The van der Waals surface area contributed by atoms with Crippen LogP contribution in [0.25, 0.3) is 0 Å². The van der Waals surface area contributed by atoms with Gasteiger partial charge in [0.25, 0.3) is 5.91 Å². The third-order valence-electron chi connectivity index (χ3n) is 20.7. The maximum Gasteiger partial charge on any atom is 0.332 e. The molecule has 6 N–H and O–H groups in total. The summed E-state index contributed by atoms with van der Waals surface area (Å²) in [4.78, 5) is 77.1. The highest BCUT2D eigenvalue weighted by Gasteiger charge is 2.60. The first-order valence-corrected chi connectivity index (χ1v) is 35.8. The van der Waals surface area contributed by atoms with Crippen LogP contribution in [0.3, 0.4) is 0 Å². The molecular formula is C75H110N2O23. The summed E-state index contributed by atoms with van der Waals surface area (Å²) in [5.74, 6) is -6.84. The molecule has 25 nitrogen and oxygen atoms in total. The summed E-state index contributed by atoms with van der Waals surface area (Å²) < 4.78 is 80.5. The van der Waals surface area contributed by atoms with Gasteiger partial charge in [0.15, 0.2) is 36.3 Å². The maximum absolute atomic E-state index is 14.3. The number of aliphatic hydroxyl groups excluding tert-OH is 2. The molecule has 25 heteroatoms. The van der Waals surface area contributed by atoms with Crippen molar-refractivity contribution in [1.29, 1.82) is 0 Å². The van der Waals surface area contributed by atoms with E-state index in [1.165, 1.54) is 32.0 Å². The summed E-state index contributed by atoms with van der Waals surface area (Å²) in [6.45, 7) is 24.8. The lowest BCUT2D eigenvalue weighted by molar-refractivity contribution is -0.318. The Kier molecular flexibility index (Phi) is 28.3. The predicted molar refractivity (Wildman–Crippen MR) is 364 cm³/mol. The van der Waals surface area contributed by atoms with Crippen LogP contribution in [-0.4, -0.2) is 199 Å². The minimum atomic E-state index is -1.84. The zero-order chi connectivity index (χ0) is 73.1. The molecule has 0 saturated carbocycles. The van der Waals surface area contributed by atoms with Crippen molar-refractivity contribution in [2.75, 3.05) is 26.1 Å². The lowest BCUT2D eigenvalue weighted by Gasteiger charge is -2.48. The number of para-hydroxylation sites is 1. The molecule has 0 aromatic heterocycles. The number of unbranched alkanes of at least 4 members (excludes halogenated alkanes) is 2. The fourth-order valence-corrected chi connectivity index (χ4v) is 14.8. The van der Waals surface area contributed by atoms with Crippen LogP contribution >= 0.6 is 0 Å². The van der Waals surface area contributed by atoms with Crippen LogP contribution in [0.2, 0.25) is 0 Å². The number of fused-ring (bicyclic) bond motifs is 2. The smallest absolute Gasteiger partial charge is 0.332 e. The number of amides is 2. The van der Waals surface area contributed by atoms with Crippen LogP contribution in [0.15, 0.2) is 77.5 Å². The van der Waals surface area contributed by atoms with Gasteiger partial charge in [-0.15, -0.1) is 0 Å². The molecule has 8 aliphatic rings. The van der Waals surface area contributed by atoms with Crippen molar-refractivity contribution in [2.45, 2.75) is 282 Å². The first-order valence-electron chi connectivity index (χ1n) is 35.8. The third kappa shape index (κ3) is 18.9. The number of esters is 4. The Morgan fingerprint density at radius 2 is 1.49 bits per heavy atom. The highest BCUT2D eigenvalue weighted by molar-refractivity contribution is 6.01. The van der Waals surface area contributed by atoms with Crippen LogP contribution in [0.5, 0.6) is 5.75 Å². The Balaban J connectivity index is 0.000000288. The zero-order valence-corrected chi connectivity index (χ0v) is 60.7. The predicted octanol–water partition coefficient (Wildman–Crippen LogP) is 8.47. The number of phenolic OH excluding ortho intramolecular Hbond substituents is 1. The number of hydrogen-bond acceptors (Lipinski definition) is 23. The molecule has 0 radical (unpaired) electrons. The second kappa shape index (κ2) is 35.5. The number of aliphatic hydroxyl groups is 3. The lowest BCUT2D eigenvalue weighted by Crippen LogP contribution is -2.58. The Hall–Kier alpha value is -5.94. The van der Waals surface area contributed by atoms with Crippen molar-refractivity contribution in [2.24, 2.45) is 35.5 Å². The quantitative estimate of drug-likeness (QED) is 0.0189. The van der Waals surface area contributed by atoms with Crippen LogP contribution in [0, 0.1) is 35.5 Å². The number of benzene rings is 1. The minimum Gasteiger partial charge on any atom is -0.505 e. The number of phenols is 1. The van der Waals surface area contributed by atoms with Crippen molar-refractivity contribution < 1.29 is 111 Å². The highest BCUT2D eigenvalue weighted by Crippen LogP contribution is 2.48. The second-order valence-corrected chi connectivity index (χ2v) is 28.8. The summed E-state index contributed by atoms with van der Waals surface area (Å²) in [7, 11) is 3.22. The average molecular weight is 1410 g/mol. The molecule has 100 heavy (non-hydrogen) atoms. The number of carbonyl (C=O) groups is 6. The topological polar surface area (TPSA) is 327 Å². The van der Waals surface area contributed by atoms with Gasteiger partial charge in [0.1, 0.15) is 54.2 Å².